The Morgan fingerprint density at radius 1 is 1.16 bits per heavy atom. The normalized spacial score (nSPS) is 16.1. The summed E-state index contributed by atoms with van der Waals surface area (Å²) in [7, 11) is 0. The van der Waals surface area contributed by atoms with E-state index in [0.717, 1.165) is 12.3 Å². The molecule has 0 spiro atoms. The van der Waals surface area contributed by atoms with Crippen LogP contribution in [0.25, 0.3) is 0 Å². The van der Waals surface area contributed by atoms with Crippen LogP contribution in [0.4, 0.5) is 0 Å². The number of rotatable bonds is 7. The van der Waals surface area contributed by atoms with Gasteiger partial charge in [0.2, 0.25) is 11.8 Å². The van der Waals surface area contributed by atoms with Gasteiger partial charge in [0, 0.05) is 19.5 Å². The van der Waals surface area contributed by atoms with E-state index < -0.39 is 0 Å². The summed E-state index contributed by atoms with van der Waals surface area (Å²) in [5, 5.41) is 2.74. The van der Waals surface area contributed by atoms with Gasteiger partial charge in [-0.1, -0.05) is 32.1 Å². The number of likely N-dealkylation sites (N-methyl/N-ethyl adjacent to an activating group) is 2. The third kappa shape index (κ3) is 6.08. The summed E-state index contributed by atoms with van der Waals surface area (Å²) < 4.78 is 0. The first-order chi connectivity index (χ1) is 9.17. The Balaban J connectivity index is 2.29. The fraction of sp³-hybridized carbons (Fsp3) is 0.867. The van der Waals surface area contributed by atoms with Crippen LogP contribution in [0.2, 0.25) is 0 Å². The predicted molar refractivity (Wildman–Crippen MR) is 76.7 cm³/mol. The van der Waals surface area contributed by atoms with Crippen molar-refractivity contribution >= 4 is 11.8 Å². The molecule has 19 heavy (non-hydrogen) atoms. The summed E-state index contributed by atoms with van der Waals surface area (Å²) in [4.78, 5) is 25.3. The third-order valence-corrected chi connectivity index (χ3v) is 3.93. The van der Waals surface area contributed by atoms with Gasteiger partial charge >= 0.3 is 0 Å². The largest absolute Gasteiger partial charge is 0.355 e. The average Bonchev–Trinajstić information content (AvgIpc) is 2.43. The second-order valence-electron chi connectivity index (χ2n) is 5.40. The molecule has 0 heterocycles. The molecule has 110 valence electrons. The fourth-order valence-corrected chi connectivity index (χ4v) is 2.76. The van der Waals surface area contributed by atoms with E-state index in [1.165, 1.54) is 32.1 Å². The van der Waals surface area contributed by atoms with Gasteiger partial charge in [0.15, 0.2) is 0 Å². The Labute approximate surface area is 116 Å². The summed E-state index contributed by atoms with van der Waals surface area (Å²) in [5.41, 5.74) is 0. The Morgan fingerprint density at radius 3 is 2.42 bits per heavy atom. The van der Waals surface area contributed by atoms with Crippen LogP contribution in [-0.2, 0) is 9.59 Å². The SMILES string of the molecule is CCNC(=O)CN(CC)C(=O)CCC1CCCCC1. The summed E-state index contributed by atoms with van der Waals surface area (Å²) in [6.45, 7) is 5.25. The topological polar surface area (TPSA) is 49.4 Å². The number of hydrogen-bond acceptors (Lipinski definition) is 2. The second kappa shape index (κ2) is 8.94. The molecule has 0 bridgehead atoms. The van der Waals surface area contributed by atoms with Gasteiger partial charge in [-0.05, 0) is 26.2 Å². The molecule has 0 radical (unpaired) electrons. The lowest BCUT2D eigenvalue weighted by atomic mass is 9.86. The molecule has 0 aromatic carbocycles. The van der Waals surface area contributed by atoms with E-state index in [-0.39, 0.29) is 18.4 Å². The smallest absolute Gasteiger partial charge is 0.239 e. The molecule has 4 nitrogen and oxygen atoms in total. The van der Waals surface area contributed by atoms with E-state index in [0.29, 0.717) is 19.5 Å². The minimum atomic E-state index is -0.0598. The summed E-state index contributed by atoms with van der Waals surface area (Å²) in [5.74, 6) is 0.788. The highest BCUT2D eigenvalue weighted by molar-refractivity contribution is 5.84. The number of nitrogens with one attached hydrogen (secondary N) is 1. The van der Waals surface area contributed by atoms with Crippen molar-refractivity contribution in [2.75, 3.05) is 19.6 Å². The molecule has 1 saturated carbocycles. The van der Waals surface area contributed by atoms with Crippen LogP contribution >= 0.6 is 0 Å². The zero-order valence-corrected chi connectivity index (χ0v) is 12.4. The van der Waals surface area contributed by atoms with Crippen molar-refractivity contribution in [1.82, 2.24) is 10.2 Å². The Kier molecular flexibility index (Phi) is 7.53. The van der Waals surface area contributed by atoms with Gasteiger partial charge < -0.3 is 10.2 Å². The molecule has 0 aliphatic heterocycles. The van der Waals surface area contributed by atoms with Crippen LogP contribution in [0.5, 0.6) is 0 Å². The van der Waals surface area contributed by atoms with Gasteiger partial charge in [-0.2, -0.15) is 0 Å². The van der Waals surface area contributed by atoms with Gasteiger partial charge in [-0.25, -0.2) is 0 Å². The quantitative estimate of drug-likeness (QED) is 0.770. The summed E-state index contributed by atoms with van der Waals surface area (Å²) in [6, 6.07) is 0. The highest BCUT2D eigenvalue weighted by Gasteiger charge is 2.18. The minimum absolute atomic E-state index is 0.0598. The monoisotopic (exact) mass is 268 g/mol. The molecule has 1 fully saturated rings. The summed E-state index contributed by atoms with van der Waals surface area (Å²) >= 11 is 0. The molecule has 1 aliphatic carbocycles. The lowest BCUT2D eigenvalue weighted by Crippen LogP contribution is -2.40. The zero-order valence-electron chi connectivity index (χ0n) is 12.4. The van der Waals surface area contributed by atoms with Crippen molar-refractivity contribution in [1.29, 1.82) is 0 Å². The first kappa shape index (κ1) is 16.0. The van der Waals surface area contributed by atoms with Gasteiger partial charge in [-0.15, -0.1) is 0 Å². The lowest BCUT2D eigenvalue weighted by molar-refractivity contribution is -0.136. The van der Waals surface area contributed by atoms with Crippen molar-refractivity contribution in [2.24, 2.45) is 5.92 Å². The second-order valence-corrected chi connectivity index (χ2v) is 5.40. The Hall–Kier alpha value is -1.06. The van der Waals surface area contributed by atoms with Crippen LogP contribution in [0, 0.1) is 5.92 Å². The van der Waals surface area contributed by atoms with Gasteiger partial charge in [0.1, 0.15) is 0 Å². The molecule has 4 heteroatoms. The molecule has 0 aromatic heterocycles. The van der Waals surface area contributed by atoms with E-state index in [4.69, 9.17) is 0 Å². The standard InChI is InChI=1S/C15H28N2O2/c1-3-16-14(18)12-17(4-2)15(19)11-10-13-8-6-5-7-9-13/h13H,3-12H2,1-2H3,(H,16,18). The molecule has 1 N–H and O–H groups in total. The zero-order chi connectivity index (χ0) is 14.1. The van der Waals surface area contributed by atoms with Crippen molar-refractivity contribution in [3.8, 4) is 0 Å². The Bertz CT molecular complexity index is 286. The molecule has 2 amide bonds. The lowest BCUT2D eigenvalue weighted by Gasteiger charge is -2.24. The molecular formula is C15H28N2O2. The van der Waals surface area contributed by atoms with Gasteiger partial charge in [0.05, 0.1) is 6.54 Å². The highest BCUT2D eigenvalue weighted by Crippen LogP contribution is 2.27. The molecular weight excluding hydrogens is 240 g/mol. The van der Waals surface area contributed by atoms with E-state index in [1.54, 1.807) is 4.90 Å². The van der Waals surface area contributed by atoms with E-state index in [9.17, 15) is 9.59 Å². The summed E-state index contributed by atoms with van der Waals surface area (Å²) in [6.07, 6.45) is 8.11. The van der Waals surface area contributed by atoms with Crippen LogP contribution in [-0.4, -0.2) is 36.3 Å². The highest BCUT2D eigenvalue weighted by atomic mass is 16.2. The Morgan fingerprint density at radius 2 is 1.84 bits per heavy atom. The maximum absolute atomic E-state index is 12.1. The number of nitrogens with zero attached hydrogens (tertiary/aromatic N) is 1. The predicted octanol–water partition coefficient (Wildman–Crippen LogP) is 2.33. The number of hydrogen-bond donors (Lipinski definition) is 1. The van der Waals surface area contributed by atoms with E-state index in [2.05, 4.69) is 5.32 Å². The maximum atomic E-state index is 12.1. The average molecular weight is 268 g/mol. The van der Waals surface area contributed by atoms with Crippen molar-refractivity contribution in [3.63, 3.8) is 0 Å². The van der Waals surface area contributed by atoms with Gasteiger partial charge in [-0.3, -0.25) is 9.59 Å². The number of amides is 2. The van der Waals surface area contributed by atoms with Crippen molar-refractivity contribution < 1.29 is 9.59 Å². The molecule has 0 unspecified atom stereocenters. The first-order valence-corrected chi connectivity index (χ1v) is 7.71. The third-order valence-electron chi connectivity index (χ3n) is 3.93. The van der Waals surface area contributed by atoms with Crippen LogP contribution in [0.3, 0.4) is 0 Å². The minimum Gasteiger partial charge on any atom is -0.355 e. The molecule has 1 rings (SSSR count). The molecule has 0 aromatic rings. The van der Waals surface area contributed by atoms with Crippen LogP contribution in [0.1, 0.15) is 58.8 Å². The fourth-order valence-electron chi connectivity index (χ4n) is 2.76. The van der Waals surface area contributed by atoms with E-state index in [1.807, 2.05) is 13.8 Å². The van der Waals surface area contributed by atoms with Crippen molar-refractivity contribution in [3.05, 3.63) is 0 Å². The van der Waals surface area contributed by atoms with Gasteiger partial charge in [0.25, 0.3) is 0 Å². The molecule has 0 saturated heterocycles. The van der Waals surface area contributed by atoms with Crippen LogP contribution in [0.15, 0.2) is 0 Å². The van der Waals surface area contributed by atoms with Crippen LogP contribution < -0.4 is 5.32 Å². The number of carbonyl (C=O) groups is 2. The first-order valence-electron chi connectivity index (χ1n) is 7.71. The van der Waals surface area contributed by atoms with Crippen molar-refractivity contribution in [2.45, 2.75) is 58.8 Å². The van der Waals surface area contributed by atoms with E-state index >= 15 is 0 Å². The maximum Gasteiger partial charge on any atom is 0.239 e. The molecule has 1 aliphatic rings. The number of carbonyl (C=O) groups excluding carboxylic acids is 2. The molecule has 0 atom stereocenters.